The second kappa shape index (κ2) is 10.1. The van der Waals surface area contributed by atoms with E-state index < -0.39 is 0 Å². The summed E-state index contributed by atoms with van der Waals surface area (Å²) in [7, 11) is 0. The molecule has 2 heterocycles. The quantitative estimate of drug-likeness (QED) is 0.197. The third-order valence-electron chi connectivity index (χ3n) is 9.26. The number of furan rings is 1. The van der Waals surface area contributed by atoms with Crippen molar-refractivity contribution in [3.8, 4) is 45.2 Å². The number of para-hydroxylation sites is 1. The van der Waals surface area contributed by atoms with Gasteiger partial charge in [-0.1, -0.05) is 103 Å². The molecule has 220 valence electrons. The molecule has 9 aromatic rings. The molecule has 0 fully saturated rings. The Hall–Kier alpha value is -6.39. The summed E-state index contributed by atoms with van der Waals surface area (Å²) in [5.74, 6) is 1.46. The maximum atomic E-state index is 6.47. The summed E-state index contributed by atoms with van der Waals surface area (Å²) in [5, 5.41) is 4.46. The lowest BCUT2D eigenvalue weighted by Gasteiger charge is -2.28. The Labute approximate surface area is 270 Å². The standard InChI is InChI=1S/C43H26N2O2/c1-3-11-27(12-4-1)28-21-23-30(24-22-28)45(36-18-10-20-38-40(36)32-15-7-8-19-37(32)46-38)35-26-25-34-39-31(35)16-9-17-33(39)41-42(34)47-43(44-41)29-13-5-2-6-14-29/h1-26H. The molecule has 0 amide bonds. The summed E-state index contributed by atoms with van der Waals surface area (Å²) in [5.41, 5.74) is 11.3. The number of aromatic nitrogens is 1. The number of oxazole rings is 1. The maximum Gasteiger partial charge on any atom is 0.227 e. The number of nitrogens with zero attached hydrogens (tertiary/aromatic N) is 2. The van der Waals surface area contributed by atoms with Gasteiger partial charge in [0.25, 0.3) is 0 Å². The van der Waals surface area contributed by atoms with Gasteiger partial charge in [0.1, 0.15) is 16.9 Å². The van der Waals surface area contributed by atoms with Crippen LogP contribution in [0.1, 0.15) is 0 Å². The molecule has 0 N–H and O–H groups in total. The minimum atomic E-state index is 0.640. The Bertz CT molecular complexity index is 2590. The molecular weight excluding hydrogens is 576 g/mol. The van der Waals surface area contributed by atoms with Crippen LogP contribution >= 0.6 is 0 Å². The van der Waals surface area contributed by atoms with Gasteiger partial charge in [-0.05, 0) is 65.7 Å². The molecule has 1 aliphatic rings. The van der Waals surface area contributed by atoms with Crippen molar-refractivity contribution in [2.24, 2.45) is 0 Å². The fourth-order valence-corrected chi connectivity index (χ4v) is 7.15. The highest BCUT2D eigenvalue weighted by Crippen LogP contribution is 2.53. The Kier molecular flexibility index (Phi) is 5.54. The molecule has 0 saturated heterocycles. The van der Waals surface area contributed by atoms with Crippen LogP contribution in [0.3, 0.4) is 0 Å². The zero-order valence-corrected chi connectivity index (χ0v) is 25.2. The second-order valence-electron chi connectivity index (χ2n) is 11.9. The van der Waals surface area contributed by atoms with Crippen molar-refractivity contribution in [3.63, 3.8) is 0 Å². The molecule has 10 rings (SSSR count). The van der Waals surface area contributed by atoms with Crippen molar-refractivity contribution in [3.05, 3.63) is 158 Å². The van der Waals surface area contributed by atoms with Gasteiger partial charge >= 0.3 is 0 Å². The predicted molar refractivity (Wildman–Crippen MR) is 191 cm³/mol. The van der Waals surface area contributed by atoms with Crippen LogP contribution in [-0.2, 0) is 0 Å². The molecule has 0 bridgehead atoms. The van der Waals surface area contributed by atoms with Crippen molar-refractivity contribution in [2.45, 2.75) is 0 Å². The van der Waals surface area contributed by atoms with Crippen LogP contribution in [0.15, 0.2) is 167 Å². The van der Waals surface area contributed by atoms with Gasteiger partial charge in [0.15, 0.2) is 5.76 Å². The molecule has 0 aliphatic heterocycles. The highest BCUT2D eigenvalue weighted by atomic mass is 16.4. The number of hydrogen-bond donors (Lipinski definition) is 0. The Morgan fingerprint density at radius 1 is 0.426 bits per heavy atom. The van der Waals surface area contributed by atoms with Crippen molar-refractivity contribution < 1.29 is 8.83 Å². The van der Waals surface area contributed by atoms with E-state index >= 15 is 0 Å². The second-order valence-corrected chi connectivity index (χ2v) is 11.9. The molecule has 4 nitrogen and oxygen atoms in total. The molecule has 7 aromatic carbocycles. The summed E-state index contributed by atoms with van der Waals surface area (Å²) >= 11 is 0. The molecule has 47 heavy (non-hydrogen) atoms. The summed E-state index contributed by atoms with van der Waals surface area (Å²) < 4.78 is 12.8. The van der Waals surface area contributed by atoms with Crippen LogP contribution in [0.4, 0.5) is 17.1 Å². The number of fused-ring (bicyclic) bond motifs is 6. The van der Waals surface area contributed by atoms with Gasteiger partial charge in [0.2, 0.25) is 5.89 Å². The third kappa shape index (κ3) is 3.92. The average Bonchev–Trinajstić information content (AvgIpc) is 3.83. The van der Waals surface area contributed by atoms with Crippen LogP contribution in [0, 0.1) is 0 Å². The minimum absolute atomic E-state index is 0.640. The summed E-state index contributed by atoms with van der Waals surface area (Å²) in [6, 6.07) is 54.9. The van der Waals surface area contributed by atoms with E-state index in [0.29, 0.717) is 5.89 Å². The van der Waals surface area contributed by atoms with E-state index in [1.54, 1.807) is 0 Å². The van der Waals surface area contributed by atoms with Crippen LogP contribution in [0.2, 0.25) is 0 Å². The lowest BCUT2D eigenvalue weighted by Crippen LogP contribution is -2.11. The monoisotopic (exact) mass is 602 g/mol. The molecule has 1 aliphatic carbocycles. The first-order valence-corrected chi connectivity index (χ1v) is 15.8. The average molecular weight is 603 g/mol. The van der Waals surface area contributed by atoms with Crippen molar-refractivity contribution in [2.75, 3.05) is 4.90 Å². The predicted octanol–water partition coefficient (Wildman–Crippen LogP) is 12.2. The fourth-order valence-electron chi connectivity index (χ4n) is 7.15. The fraction of sp³-hybridized carbons (Fsp3) is 0. The van der Waals surface area contributed by atoms with Crippen LogP contribution in [-0.4, -0.2) is 4.98 Å². The molecule has 4 heteroatoms. The first-order chi connectivity index (χ1) is 23.3. The van der Waals surface area contributed by atoms with Gasteiger partial charge < -0.3 is 13.7 Å². The van der Waals surface area contributed by atoms with Crippen LogP contribution < -0.4 is 4.90 Å². The van der Waals surface area contributed by atoms with Crippen molar-refractivity contribution in [1.29, 1.82) is 0 Å². The van der Waals surface area contributed by atoms with E-state index in [0.717, 1.165) is 77.9 Å². The highest BCUT2D eigenvalue weighted by molar-refractivity contribution is 6.19. The Balaban J connectivity index is 1.20. The van der Waals surface area contributed by atoms with E-state index in [9.17, 15) is 0 Å². The number of benzene rings is 7. The van der Waals surface area contributed by atoms with E-state index in [2.05, 4.69) is 120 Å². The Morgan fingerprint density at radius 3 is 1.94 bits per heavy atom. The molecule has 0 atom stereocenters. The maximum absolute atomic E-state index is 6.47. The summed E-state index contributed by atoms with van der Waals surface area (Å²) in [4.78, 5) is 7.37. The SMILES string of the molecule is c1ccc(-c2ccc(N(c3ccc4c5c(cccc35)-c3nc(-c5ccccc5)oc3-4)c3cccc4oc5ccccc5c34)cc2)cc1. The summed E-state index contributed by atoms with van der Waals surface area (Å²) in [6.45, 7) is 0. The van der Waals surface area contributed by atoms with E-state index in [1.165, 1.54) is 11.1 Å². The first-order valence-electron chi connectivity index (χ1n) is 15.8. The Morgan fingerprint density at radius 2 is 1.11 bits per heavy atom. The van der Waals surface area contributed by atoms with Crippen molar-refractivity contribution in [1.82, 2.24) is 4.98 Å². The third-order valence-corrected chi connectivity index (χ3v) is 9.26. The highest BCUT2D eigenvalue weighted by Gasteiger charge is 2.30. The van der Waals surface area contributed by atoms with E-state index in [4.69, 9.17) is 13.8 Å². The van der Waals surface area contributed by atoms with Gasteiger partial charge in [-0.25, -0.2) is 4.98 Å². The van der Waals surface area contributed by atoms with Crippen LogP contribution in [0.5, 0.6) is 0 Å². The molecule has 0 spiro atoms. The van der Waals surface area contributed by atoms with Gasteiger partial charge in [0.05, 0.1) is 16.8 Å². The van der Waals surface area contributed by atoms with E-state index in [-0.39, 0.29) is 0 Å². The lowest BCUT2D eigenvalue weighted by atomic mass is 9.99. The lowest BCUT2D eigenvalue weighted by molar-refractivity contribution is 0.590. The molecule has 0 saturated carbocycles. The molecular formula is C43H26N2O2. The van der Waals surface area contributed by atoms with Gasteiger partial charge in [-0.3, -0.25) is 0 Å². The number of rotatable bonds is 5. The molecule has 0 unspecified atom stereocenters. The summed E-state index contributed by atoms with van der Waals surface area (Å²) in [6.07, 6.45) is 0. The van der Waals surface area contributed by atoms with Gasteiger partial charge in [-0.15, -0.1) is 0 Å². The minimum Gasteiger partial charge on any atom is -0.456 e. The van der Waals surface area contributed by atoms with Gasteiger partial charge in [-0.2, -0.15) is 0 Å². The zero-order valence-electron chi connectivity index (χ0n) is 25.2. The zero-order chi connectivity index (χ0) is 30.9. The van der Waals surface area contributed by atoms with Crippen molar-refractivity contribution >= 4 is 49.8 Å². The number of anilines is 3. The molecule has 2 aromatic heterocycles. The topological polar surface area (TPSA) is 42.4 Å². The smallest absolute Gasteiger partial charge is 0.227 e. The van der Waals surface area contributed by atoms with Gasteiger partial charge in [0, 0.05) is 38.5 Å². The normalized spacial score (nSPS) is 11.8. The number of hydrogen-bond acceptors (Lipinski definition) is 4. The largest absolute Gasteiger partial charge is 0.456 e. The molecule has 0 radical (unpaired) electrons. The first kappa shape index (κ1) is 25.9. The van der Waals surface area contributed by atoms with E-state index in [1.807, 2.05) is 42.5 Å². The van der Waals surface area contributed by atoms with Crippen LogP contribution in [0.25, 0.3) is 77.9 Å².